The second-order valence-electron chi connectivity index (χ2n) is 4.15. The van der Waals surface area contributed by atoms with E-state index >= 15 is 0 Å². The van der Waals surface area contributed by atoms with Crippen LogP contribution in [-0.4, -0.2) is 25.3 Å². The van der Waals surface area contributed by atoms with E-state index in [4.69, 9.17) is 15.2 Å². The minimum Gasteiger partial charge on any atom is -0.462 e. The molecule has 1 aliphatic rings. The lowest BCUT2D eigenvalue weighted by Crippen LogP contribution is -2.13. The number of nitrogens with two attached hydrogens (primary N) is 1. The molecule has 1 aromatic rings. The van der Waals surface area contributed by atoms with Crippen molar-refractivity contribution in [1.82, 2.24) is 0 Å². The molecule has 17 heavy (non-hydrogen) atoms. The minimum atomic E-state index is -0.360. The zero-order valence-electron chi connectivity index (χ0n) is 9.72. The van der Waals surface area contributed by atoms with Crippen LogP contribution in [0.1, 0.15) is 29.6 Å². The van der Waals surface area contributed by atoms with Crippen molar-refractivity contribution >= 4 is 11.7 Å². The monoisotopic (exact) mass is 235 g/mol. The molecular weight excluding hydrogens is 218 g/mol. The Kier molecular flexibility index (Phi) is 3.98. The molecule has 1 unspecified atom stereocenters. The van der Waals surface area contributed by atoms with E-state index < -0.39 is 0 Å². The average molecular weight is 235 g/mol. The fourth-order valence-corrected chi connectivity index (χ4v) is 1.92. The molecule has 0 aliphatic carbocycles. The molecule has 1 atom stereocenters. The molecule has 1 heterocycles. The molecule has 4 nitrogen and oxygen atoms in total. The molecule has 0 aromatic heterocycles. The number of esters is 1. The molecule has 0 spiro atoms. The van der Waals surface area contributed by atoms with Crippen molar-refractivity contribution in [1.29, 1.82) is 0 Å². The first kappa shape index (κ1) is 11.9. The van der Waals surface area contributed by atoms with E-state index in [-0.39, 0.29) is 12.1 Å². The lowest BCUT2D eigenvalue weighted by Gasteiger charge is -2.10. The first-order valence-electron chi connectivity index (χ1n) is 5.90. The van der Waals surface area contributed by atoms with Crippen LogP contribution in [0.25, 0.3) is 0 Å². The highest BCUT2D eigenvalue weighted by Gasteiger charge is 2.16. The number of hydrogen-bond donors (Lipinski definition) is 1. The fraction of sp³-hybridized carbons (Fsp3) is 0.462. The molecule has 2 N–H and O–H groups in total. The van der Waals surface area contributed by atoms with E-state index in [0.717, 1.165) is 25.9 Å². The molecule has 0 radical (unpaired) electrons. The predicted octanol–water partition coefficient (Wildman–Crippen LogP) is 1.99. The Bertz CT molecular complexity index is 386. The second-order valence-corrected chi connectivity index (χ2v) is 4.15. The maximum Gasteiger partial charge on any atom is 0.340 e. The standard InChI is InChI=1S/C13H17NO3/c14-12-6-2-1-5-11(12)13(15)17-9-7-10-4-3-8-16-10/h1-2,5-6,10H,3-4,7-9,14H2. The summed E-state index contributed by atoms with van der Waals surface area (Å²) in [7, 11) is 0. The zero-order valence-corrected chi connectivity index (χ0v) is 9.72. The molecular formula is C13H17NO3. The molecule has 1 saturated heterocycles. The molecule has 2 rings (SSSR count). The highest BCUT2D eigenvalue weighted by Crippen LogP contribution is 2.16. The second kappa shape index (κ2) is 5.68. The maximum absolute atomic E-state index is 11.7. The van der Waals surface area contributed by atoms with Gasteiger partial charge in [0, 0.05) is 18.7 Å². The van der Waals surface area contributed by atoms with Crippen molar-refractivity contribution in [3.8, 4) is 0 Å². The van der Waals surface area contributed by atoms with E-state index in [1.54, 1.807) is 24.3 Å². The van der Waals surface area contributed by atoms with E-state index in [1.165, 1.54) is 0 Å². The Morgan fingerprint density at radius 2 is 2.29 bits per heavy atom. The Balaban J connectivity index is 1.79. The van der Waals surface area contributed by atoms with E-state index in [2.05, 4.69) is 0 Å². The Hall–Kier alpha value is -1.55. The fourth-order valence-electron chi connectivity index (χ4n) is 1.92. The predicted molar refractivity (Wildman–Crippen MR) is 64.7 cm³/mol. The normalized spacial score (nSPS) is 19.2. The number of para-hydroxylation sites is 1. The Morgan fingerprint density at radius 1 is 1.47 bits per heavy atom. The zero-order chi connectivity index (χ0) is 12.1. The summed E-state index contributed by atoms with van der Waals surface area (Å²) in [4.78, 5) is 11.7. The van der Waals surface area contributed by atoms with Gasteiger partial charge in [-0.1, -0.05) is 12.1 Å². The smallest absolute Gasteiger partial charge is 0.340 e. The van der Waals surface area contributed by atoms with Crippen LogP contribution in [0.2, 0.25) is 0 Å². The van der Waals surface area contributed by atoms with Crippen molar-refractivity contribution < 1.29 is 14.3 Å². The number of ether oxygens (including phenoxy) is 2. The van der Waals surface area contributed by atoms with Gasteiger partial charge in [0.2, 0.25) is 0 Å². The van der Waals surface area contributed by atoms with Crippen LogP contribution >= 0.6 is 0 Å². The van der Waals surface area contributed by atoms with E-state index in [0.29, 0.717) is 17.9 Å². The molecule has 1 fully saturated rings. The lowest BCUT2D eigenvalue weighted by atomic mass is 10.2. The lowest BCUT2D eigenvalue weighted by molar-refractivity contribution is 0.0387. The largest absolute Gasteiger partial charge is 0.462 e. The number of benzene rings is 1. The van der Waals surface area contributed by atoms with Crippen LogP contribution in [0.5, 0.6) is 0 Å². The van der Waals surface area contributed by atoms with Crippen LogP contribution in [0, 0.1) is 0 Å². The van der Waals surface area contributed by atoms with Gasteiger partial charge in [-0.3, -0.25) is 0 Å². The molecule has 1 aromatic carbocycles. The summed E-state index contributed by atoms with van der Waals surface area (Å²) in [6, 6.07) is 6.92. The number of carbonyl (C=O) groups is 1. The van der Waals surface area contributed by atoms with Crippen molar-refractivity contribution in [2.75, 3.05) is 18.9 Å². The molecule has 0 amide bonds. The summed E-state index contributed by atoms with van der Waals surface area (Å²) in [5.41, 5.74) is 6.57. The van der Waals surface area contributed by atoms with Gasteiger partial charge in [-0.25, -0.2) is 4.79 Å². The van der Waals surface area contributed by atoms with Gasteiger partial charge >= 0.3 is 5.97 Å². The summed E-state index contributed by atoms with van der Waals surface area (Å²) in [6.07, 6.45) is 3.17. The Morgan fingerprint density at radius 3 is 3.00 bits per heavy atom. The van der Waals surface area contributed by atoms with Crippen LogP contribution in [0.15, 0.2) is 24.3 Å². The van der Waals surface area contributed by atoms with Crippen molar-refractivity contribution in [3.05, 3.63) is 29.8 Å². The third-order valence-electron chi connectivity index (χ3n) is 2.88. The van der Waals surface area contributed by atoms with Crippen LogP contribution < -0.4 is 5.73 Å². The molecule has 4 heteroatoms. The van der Waals surface area contributed by atoms with Crippen molar-refractivity contribution in [3.63, 3.8) is 0 Å². The van der Waals surface area contributed by atoms with E-state index in [1.807, 2.05) is 0 Å². The molecule has 0 saturated carbocycles. The molecule has 0 bridgehead atoms. The summed E-state index contributed by atoms with van der Waals surface area (Å²) in [6.45, 7) is 1.21. The topological polar surface area (TPSA) is 61.6 Å². The van der Waals surface area contributed by atoms with Gasteiger partial charge in [-0.05, 0) is 25.0 Å². The first-order valence-corrected chi connectivity index (χ1v) is 5.90. The number of nitrogen functional groups attached to an aromatic ring is 1. The van der Waals surface area contributed by atoms with Crippen molar-refractivity contribution in [2.24, 2.45) is 0 Å². The van der Waals surface area contributed by atoms with Crippen LogP contribution in [0.4, 0.5) is 5.69 Å². The number of rotatable bonds is 4. The molecule has 92 valence electrons. The number of carbonyl (C=O) groups excluding carboxylic acids is 1. The molecule has 1 aliphatic heterocycles. The van der Waals surface area contributed by atoms with Crippen LogP contribution in [-0.2, 0) is 9.47 Å². The summed E-state index contributed by atoms with van der Waals surface area (Å²) < 4.78 is 10.6. The van der Waals surface area contributed by atoms with Gasteiger partial charge in [0.1, 0.15) is 0 Å². The Labute approximate surface area is 101 Å². The van der Waals surface area contributed by atoms with Crippen LogP contribution in [0.3, 0.4) is 0 Å². The van der Waals surface area contributed by atoms with E-state index in [9.17, 15) is 4.79 Å². The quantitative estimate of drug-likeness (QED) is 0.640. The van der Waals surface area contributed by atoms with Gasteiger partial charge < -0.3 is 15.2 Å². The SMILES string of the molecule is Nc1ccccc1C(=O)OCCC1CCCO1. The summed E-state index contributed by atoms with van der Waals surface area (Å²) in [5, 5.41) is 0. The summed E-state index contributed by atoms with van der Waals surface area (Å²) >= 11 is 0. The van der Waals surface area contributed by atoms with Gasteiger partial charge in [0.05, 0.1) is 18.3 Å². The first-order chi connectivity index (χ1) is 8.27. The minimum absolute atomic E-state index is 0.246. The maximum atomic E-state index is 11.7. The van der Waals surface area contributed by atoms with Gasteiger partial charge in [-0.2, -0.15) is 0 Å². The van der Waals surface area contributed by atoms with Crippen molar-refractivity contribution in [2.45, 2.75) is 25.4 Å². The number of hydrogen-bond acceptors (Lipinski definition) is 4. The average Bonchev–Trinajstić information content (AvgIpc) is 2.82. The highest BCUT2D eigenvalue weighted by atomic mass is 16.5. The number of anilines is 1. The third kappa shape index (κ3) is 3.20. The van der Waals surface area contributed by atoms with Gasteiger partial charge in [0.25, 0.3) is 0 Å². The summed E-state index contributed by atoms with van der Waals surface area (Å²) in [5.74, 6) is -0.360. The van der Waals surface area contributed by atoms with Gasteiger partial charge in [0.15, 0.2) is 0 Å². The highest BCUT2D eigenvalue weighted by molar-refractivity contribution is 5.94. The van der Waals surface area contributed by atoms with Gasteiger partial charge in [-0.15, -0.1) is 0 Å². The third-order valence-corrected chi connectivity index (χ3v) is 2.88.